The van der Waals surface area contributed by atoms with E-state index in [2.05, 4.69) is 15.5 Å². The molecule has 0 spiro atoms. The van der Waals surface area contributed by atoms with Gasteiger partial charge in [0, 0.05) is 38.1 Å². The molecule has 192 valence electrons. The Balaban J connectivity index is 1.60. The zero-order valence-corrected chi connectivity index (χ0v) is 19.9. The summed E-state index contributed by atoms with van der Waals surface area (Å²) in [7, 11) is 0. The van der Waals surface area contributed by atoms with Crippen LogP contribution < -0.4 is 5.32 Å². The van der Waals surface area contributed by atoms with Crippen molar-refractivity contribution in [1.29, 1.82) is 0 Å². The van der Waals surface area contributed by atoms with Gasteiger partial charge in [0.2, 0.25) is 11.8 Å². The van der Waals surface area contributed by atoms with E-state index >= 15 is 0 Å². The van der Waals surface area contributed by atoms with Crippen molar-refractivity contribution in [2.45, 2.75) is 46.5 Å². The molecule has 1 saturated heterocycles. The predicted octanol–water partition coefficient (Wildman–Crippen LogP) is 2.22. The second-order valence-corrected chi connectivity index (χ2v) is 8.17. The van der Waals surface area contributed by atoms with Crippen LogP contribution in [-0.4, -0.2) is 80.1 Å². The molecule has 1 aliphatic heterocycles. The molecule has 11 nitrogen and oxygen atoms in total. The highest BCUT2D eigenvalue weighted by atomic mass is 19.4. The van der Waals surface area contributed by atoms with E-state index in [-0.39, 0.29) is 18.2 Å². The maximum atomic E-state index is 12.9. The van der Waals surface area contributed by atoms with Crippen molar-refractivity contribution in [2.24, 2.45) is 0 Å². The number of nitrogens with one attached hydrogen (secondary N) is 1. The van der Waals surface area contributed by atoms with Gasteiger partial charge >= 0.3 is 12.3 Å². The van der Waals surface area contributed by atoms with E-state index in [0.717, 1.165) is 10.7 Å². The van der Waals surface area contributed by atoms with Crippen molar-refractivity contribution >= 4 is 23.6 Å². The number of aromatic nitrogens is 4. The average Bonchev–Trinajstić information content (AvgIpc) is 3.35. The minimum atomic E-state index is -4.60. The minimum Gasteiger partial charge on any atom is -0.450 e. The predicted molar refractivity (Wildman–Crippen MR) is 117 cm³/mol. The number of piperazine rings is 1. The molecule has 1 fully saturated rings. The van der Waals surface area contributed by atoms with E-state index < -0.39 is 36.5 Å². The van der Waals surface area contributed by atoms with Gasteiger partial charge in [-0.25, -0.2) is 4.79 Å². The van der Waals surface area contributed by atoms with Gasteiger partial charge in [0.15, 0.2) is 5.69 Å². The van der Waals surface area contributed by atoms with Crippen LogP contribution in [0.3, 0.4) is 0 Å². The summed E-state index contributed by atoms with van der Waals surface area (Å²) in [5.41, 5.74) is -0.0923. The van der Waals surface area contributed by atoms with E-state index in [9.17, 15) is 27.6 Å². The van der Waals surface area contributed by atoms with Gasteiger partial charge in [0.25, 0.3) is 0 Å². The van der Waals surface area contributed by atoms with Crippen molar-refractivity contribution in [3.8, 4) is 0 Å². The van der Waals surface area contributed by atoms with E-state index in [1.54, 1.807) is 30.6 Å². The fraction of sp³-hybridized carbons (Fsp3) is 0.571. The first-order valence-electron chi connectivity index (χ1n) is 11.1. The lowest BCUT2D eigenvalue weighted by molar-refractivity contribution is -0.141. The summed E-state index contributed by atoms with van der Waals surface area (Å²) in [6.45, 7) is 7.77. The third kappa shape index (κ3) is 6.11. The van der Waals surface area contributed by atoms with Crippen LogP contribution in [0.5, 0.6) is 0 Å². The number of rotatable bonds is 6. The monoisotopic (exact) mass is 499 g/mol. The number of alkyl halides is 3. The van der Waals surface area contributed by atoms with E-state index in [4.69, 9.17) is 4.74 Å². The number of hydrogen-bond donors (Lipinski definition) is 1. The van der Waals surface area contributed by atoms with Gasteiger partial charge in [-0.05, 0) is 33.8 Å². The third-order valence-electron chi connectivity index (χ3n) is 5.63. The maximum absolute atomic E-state index is 12.9. The molecule has 35 heavy (non-hydrogen) atoms. The second kappa shape index (κ2) is 10.4. The molecule has 14 heteroatoms. The highest BCUT2D eigenvalue weighted by Gasteiger charge is 2.34. The molecule has 1 aliphatic rings. The summed E-state index contributed by atoms with van der Waals surface area (Å²) < 4.78 is 45.9. The molecule has 2 aromatic heterocycles. The van der Waals surface area contributed by atoms with E-state index in [1.165, 1.54) is 17.8 Å². The van der Waals surface area contributed by atoms with Crippen LogP contribution in [0, 0.1) is 13.8 Å². The fourth-order valence-corrected chi connectivity index (χ4v) is 3.64. The molecule has 0 radical (unpaired) electrons. The molecular formula is C21H28F3N7O4. The fourth-order valence-electron chi connectivity index (χ4n) is 3.64. The molecule has 0 aliphatic carbocycles. The Hall–Kier alpha value is -3.58. The standard InChI is InChI=1S/C21H28F3N7O4/c1-5-35-20(34)29-8-6-28(7-9-29)19(33)15(4)31-11-16(14(3)26-31)25-18(32)12-30-13(2)10-17(27-30)21(22,23)24/h10-11,15H,5-9,12H2,1-4H3,(H,25,32). The van der Waals surface area contributed by atoms with Crippen molar-refractivity contribution in [3.05, 3.63) is 29.3 Å². The van der Waals surface area contributed by atoms with Crippen molar-refractivity contribution in [3.63, 3.8) is 0 Å². The maximum Gasteiger partial charge on any atom is 0.435 e. The van der Waals surface area contributed by atoms with Crippen LogP contribution in [0.15, 0.2) is 12.3 Å². The van der Waals surface area contributed by atoms with Crippen molar-refractivity contribution in [1.82, 2.24) is 29.4 Å². The molecule has 3 heterocycles. The highest BCUT2D eigenvalue weighted by Crippen LogP contribution is 2.28. The zero-order chi connectivity index (χ0) is 25.9. The lowest BCUT2D eigenvalue weighted by Gasteiger charge is -2.35. The smallest absolute Gasteiger partial charge is 0.435 e. The van der Waals surface area contributed by atoms with Gasteiger partial charge in [0.05, 0.1) is 18.0 Å². The van der Waals surface area contributed by atoms with Gasteiger partial charge in [-0.2, -0.15) is 23.4 Å². The first kappa shape index (κ1) is 26.0. The number of aryl methyl sites for hydroxylation is 2. The quantitative estimate of drug-likeness (QED) is 0.652. The Morgan fingerprint density at radius 1 is 1.11 bits per heavy atom. The molecule has 3 rings (SSSR count). The highest BCUT2D eigenvalue weighted by molar-refractivity contribution is 5.91. The second-order valence-electron chi connectivity index (χ2n) is 8.17. The van der Waals surface area contributed by atoms with Crippen LogP contribution in [-0.2, 0) is 27.0 Å². The Morgan fingerprint density at radius 2 is 1.74 bits per heavy atom. The number of anilines is 1. The molecule has 0 bridgehead atoms. The summed E-state index contributed by atoms with van der Waals surface area (Å²) in [6.07, 6.45) is -3.50. The Morgan fingerprint density at radius 3 is 2.31 bits per heavy atom. The van der Waals surface area contributed by atoms with E-state index in [0.29, 0.717) is 37.6 Å². The zero-order valence-electron chi connectivity index (χ0n) is 19.9. The topological polar surface area (TPSA) is 115 Å². The summed E-state index contributed by atoms with van der Waals surface area (Å²) in [4.78, 5) is 40.4. The molecule has 1 unspecified atom stereocenters. The van der Waals surface area contributed by atoms with Gasteiger partial charge in [0.1, 0.15) is 12.6 Å². The number of amides is 3. The number of halogens is 3. The Kier molecular flexibility index (Phi) is 7.70. The molecular weight excluding hydrogens is 471 g/mol. The van der Waals surface area contributed by atoms with Gasteiger partial charge < -0.3 is 19.9 Å². The van der Waals surface area contributed by atoms with Crippen molar-refractivity contribution in [2.75, 3.05) is 38.1 Å². The van der Waals surface area contributed by atoms with Crippen LogP contribution >= 0.6 is 0 Å². The molecule has 0 saturated carbocycles. The summed E-state index contributed by atoms with van der Waals surface area (Å²) in [5.74, 6) is -0.776. The van der Waals surface area contributed by atoms with E-state index in [1.807, 2.05) is 0 Å². The van der Waals surface area contributed by atoms with Gasteiger partial charge in [-0.1, -0.05) is 0 Å². The number of ether oxygens (including phenoxy) is 1. The molecule has 1 N–H and O–H groups in total. The number of carbonyl (C=O) groups is 3. The molecule has 3 amide bonds. The average molecular weight is 499 g/mol. The molecule has 2 aromatic rings. The van der Waals surface area contributed by atoms with Crippen LogP contribution in [0.2, 0.25) is 0 Å². The van der Waals surface area contributed by atoms with Crippen LogP contribution in [0.4, 0.5) is 23.7 Å². The lowest BCUT2D eigenvalue weighted by Crippen LogP contribution is -2.52. The summed E-state index contributed by atoms with van der Waals surface area (Å²) in [6, 6.07) is 0.201. The number of carbonyl (C=O) groups excluding carboxylic acids is 3. The van der Waals surface area contributed by atoms with Crippen molar-refractivity contribution < 1.29 is 32.3 Å². The first-order valence-corrected chi connectivity index (χ1v) is 11.1. The number of nitrogens with zero attached hydrogens (tertiary/aromatic N) is 6. The van der Waals surface area contributed by atoms with Crippen LogP contribution in [0.25, 0.3) is 0 Å². The van der Waals surface area contributed by atoms with Gasteiger partial charge in [-0.3, -0.25) is 19.0 Å². The van der Waals surface area contributed by atoms with Gasteiger partial charge in [-0.15, -0.1) is 0 Å². The largest absolute Gasteiger partial charge is 0.450 e. The molecule has 1 atom stereocenters. The normalized spacial score (nSPS) is 15.2. The lowest BCUT2D eigenvalue weighted by atomic mass is 10.2. The third-order valence-corrected chi connectivity index (χ3v) is 5.63. The summed E-state index contributed by atoms with van der Waals surface area (Å²) >= 11 is 0. The SMILES string of the molecule is CCOC(=O)N1CCN(C(=O)C(C)n2cc(NC(=O)Cn3nc(C(F)(F)F)cc3C)c(C)n2)CC1. The summed E-state index contributed by atoms with van der Waals surface area (Å²) in [5, 5.41) is 10.4. The molecule has 0 aromatic carbocycles. The van der Waals surface area contributed by atoms with Crippen LogP contribution in [0.1, 0.15) is 37.0 Å². The Bertz CT molecular complexity index is 1090. The Labute approximate surface area is 199 Å². The minimum absolute atomic E-state index is 0.194. The number of hydrogen-bond acceptors (Lipinski definition) is 6. The first-order chi connectivity index (χ1) is 16.4.